The summed E-state index contributed by atoms with van der Waals surface area (Å²) in [6, 6.07) is 6.71. The highest BCUT2D eigenvalue weighted by atomic mass is 19.1. The Balaban J connectivity index is 2.18. The third-order valence-electron chi connectivity index (χ3n) is 3.35. The summed E-state index contributed by atoms with van der Waals surface area (Å²) in [6.07, 6.45) is 3.31. The number of aromatic amines is 1. The first-order chi connectivity index (χ1) is 9.58. The molecule has 0 amide bonds. The van der Waals surface area contributed by atoms with E-state index in [1.165, 1.54) is 6.07 Å². The second-order valence-electron chi connectivity index (χ2n) is 4.88. The Hall–Kier alpha value is -2.49. The molecule has 1 N–H and O–H groups in total. The normalized spacial score (nSPS) is 10.9. The molecule has 4 heteroatoms. The fraction of sp³-hybridized carbons (Fsp3) is 0.125. The van der Waals surface area contributed by atoms with Crippen molar-refractivity contribution in [3.8, 4) is 0 Å². The summed E-state index contributed by atoms with van der Waals surface area (Å²) in [6.45, 7) is 3.55. The SMILES string of the molecule is Cc1cnc2[nH]cc(C(=O)c3cccc(C)c3F)c2c1. The van der Waals surface area contributed by atoms with Crippen LogP contribution in [0.25, 0.3) is 11.0 Å². The zero-order valence-electron chi connectivity index (χ0n) is 11.2. The summed E-state index contributed by atoms with van der Waals surface area (Å²) in [4.78, 5) is 19.7. The molecule has 100 valence electrons. The van der Waals surface area contributed by atoms with Gasteiger partial charge in [-0.2, -0.15) is 0 Å². The largest absolute Gasteiger partial charge is 0.345 e. The molecule has 3 rings (SSSR count). The number of H-pyrrole nitrogens is 1. The monoisotopic (exact) mass is 268 g/mol. The molecular weight excluding hydrogens is 255 g/mol. The first kappa shape index (κ1) is 12.5. The number of carbonyl (C=O) groups excluding carboxylic acids is 1. The Kier molecular flexibility index (Phi) is 2.86. The van der Waals surface area contributed by atoms with E-state index in [1.54, 1.807) is 31.5 Å². The Bertz CT molecular complexity index is 820. The van der Waals surface area contributed by atoms with Crippen LogP contribution in [-0.2, 0) is 0 Å². The lowest BCUT2D eigenvalue weighted by Gasteiger charge is -2.04. The van der Waals surface area contributed by atoms with Crippen molar-refractivity contribution in [2.45, 2.75) is 13.8 Å². The lowest BCUT2D eigenvalue weighted by Crippen LogP contribution is -2.04. The molecule has 0 saturated carbocycles. The zero-order valence-corrected chi connectivity index (χ0v) is 11.2. The molecule has 0 saturated heterocycles. The minimum absolute atomic E-state index is 0.0902. The highest BCUT2D eigenvalue weighted by Crippen LogP contribution is 2.22. The van der Waals surface area contributed by atoms with Gasteiger partial charge in [0.2, 0.25) is 0 Å². The van der Waals surface area contributed by atoms with E-state index < -0.39 is 5.82 Å². The highest BCUT2D eigenvalue weighted by Gasteiger charge is 2.18. The maximum absolute atomic E-state index is 14.1. The molecule has 3 aromatic rings. The molecule has 0 bridgehead atoms. The van der Waals surface area contributed by atoms with Crippen molar-refractivity contribution in [2.75, 3.05) is 0 Å². The van der Waals surface area contributed by atoms with Crippen LogP contribution in [0.5, 0.6) is 0 Å². The third kappa shape index (κ3) is 1.90. The predicted octanol–water partition coefficient (Wildman–Crippen LogP) is 3.55. The van der Waals surface area contributed by atoms with Gasteiger partial charge in [-0.15, -0.1) is 0 Å². The first-order valence-electron chi connectivity index (χ1n) is 6.31. The molecule has 0 aliphatic carbocycles. The standard InChI is InChI=1S/C16H13FN2O/c1-9-6-12-13(8-19-16(12)18-7-9)15(20)11-5-3-4-10(2)14(11)17/h3-8H,1-2H3,(H,18,19). The number of benzene rings is 1. The van der Waals surface area contributed by atoms with Crippen LogP contribution in [0, 0.1) is 19.7 Å². The van der Waals surface area contributed by atoms with Crippen LogP contribution in [0.15, 0.2) is 36.7 Å². The van der Waals surface area contributed by atoms with E-state index in [-0.39, 0.29) is 11.3 Å². The van der Waals surface area contributed by atoms with Crippen LogP contribution < -0.4 is 0 Å². The number of ketones is 1. The summed E-state index contributed by atoms with van der Waals surface area (Å²) in [5.41, 5.74) is 2.58. The second-order valence-corrected chi connectivity index (χ2v) is 4.88. The van der Waals surface area contributed by atoms with Gasteiger partial charge in [-0.05, 0) is 37.1 Å². The molecule has 2 aromatic heterocycles. The average molecular weight is 268 g/mol. The third-order valence-corrected chi connectivity index (χ3v) is 3.35. The van der Waals surface area contributed by atoms with Crippen LogP contribution in [0.3, 0.4) is 0 Å². The summed E-state index contributed by atoms with van der Waals surface area (Å²) in [5, 5.41) is 0.718. The number of nitrogens with zero attached hydrogens (tertiary/aromatic N) is 1. The molecule has 0 spiro atoms. The van der Waals surface area contributed by atoms with Crippen LogP contribution in [-0.4, -0.2) is 15.8 Å². The summed E-state index contributed by atoms with van der Waals surface area (Å²) in [5.74, 6) is -0.794. The van der Waals surface area contributed by atoms with Crippen LogP contribution in [0.1, 0.15) is 27.0 Å². The lowest BCUT2D eigenvalue weighted by molar-refractivity contribution is 0.103. The second kappa shape index (κ2) is 4.56. The summed E-state index contributed by atoms with van der Waals surface area (Å²) >= 11 is 0. The Labute approximate surface area is 115 Å². The van der Waals surface area contributed by atoms with E-state index in [0.717, 1.165) is 10.9 Å². The van der Waals surface area contributed by atoms with Gasteiger partial charge in [0.05, 0.1) is 5.56 Å². The maximum Gasteiger partial charge on any atom is 0.198 e. The maximum atomic E-state index is 14.1. The molecule has 0 fully saturated rings. The van der Waals surface area contributed by atoms with Crippen molar-refractivity contribution < 1.29 is 9.18 Å². The van der Waals surface area contributed by atoms with Gasteiger partial charge in [0, 0.05) is 23.3 Å². The number of aromatic nitrogens is 2. The fourth-order valence-electron chi connectivity index (χ4n) is 2.26. The van der Waals surface area contributed by atoms with E-state index in [1.807, 2.05) is 13.0 Å². The van der Waals surface area contributed by atoms with Crippen LogP contribution in [0.4, 0.5) is 4.39 Å². The van der Waals surface area contributed by atoms with E-state index in [9.17, 15) is 9.18 Å². The van der Waals surface area contributed by atoms with E-state index in [0.29, 0.717) is 16.8 Å². The Morgan fingerprint density at radius 2 is 2.05 bits per heavy atom. The molecule has 0 atom stereocenters. The molecule has 1 aromatic carbocycles. The van der Waals surface area contributed by atoms with Gasteiger partial charge in [0.1, 0.15) is 11.5 Å². The Morgan fingerprint density at radius 3 is 2.85 bits per heavy atom. The molecule has 3 nitrogen and oxygen atoms in total. The van der Waals surface area contributed by atoms with Crippen molar-refractivity contribution in [1.82, 2.24) is 9.97 Å². The topological polar surface area (TPSA) is 45.8 Å². The number of carbonyl (C=O) groups is 1. The number of nitrogens with one attached hydrogen (secondary N) is 1. The number of pyridine rings is 1. The highest BCUT2D eigenvalue weighted by molar-refractivity contribution is 6.16. The van der Waals surface area contributed by atoms with Crippen molar-refractivity contribution in [1.29, 1.82) is 0 Å². The van der Waals surface area contributed by atoms with Crippen molar-refractivity contribution in [2.24, 2.45) is 0 Å². The van der Waals surface area contributed by atoms with Gasteiger partial charge >= 0.3 is 0 Å². The van der Waals surface area contributed by atoms with Gasteiger partial charge in [0.15, 0.2) is 5.78 Å². The molecule has 20 heavy (non-hydrogen) atoms. The number of aryl methyl sites for hydroxylation is 2. The fourth-order valence-corrected chi connectivity index (χ4v) is 2.26. The molecule has 0 aliphatic rings. The Morgan fingerprint density at radius 1 is 1.25 bits per heavy atom. The minimum Gasteiger partial charge on any atom is -0.345 e. The molecular formula is C16H13FN2O. The summed E-state index contributed by atoms with van der Waals surface area (Å²) < 4.78 is 14.1. The van der Waals surface area contributed by atoms with Gasteiger partial charge in [-0.3, -0.25) is 4.79 Å². The zero-order chi connectivity index (χ0) is 14.3. The predicted molar refractivity (Wildman–Crippen MR) is 75.4 cm³/mol. The van der Waals surface area contributed by atoms with E-state index in [4.69, 9.17) is 0 Å². The first-order valence-corrected chi connectivity index (χ1v) is 6.31. The van der Waals surface area contributed by atoms with Crippen LogP contribution >= 0.6 is 0 Å². The number of halogens is 1. The molecule has 0 unspecified atom stereocenters. The average Bonchev–Trinajstić information content (AvgIpc) is 2.84. The number of rotatable bonds is 2. The number of hydrogen-bond donors (Lipinski definition) is 1. The molecule has 2 heterocycles. The van der Waals surface area contributed by atoms with Crippen LogP contribution in [0.2, 0.25) is 0 Å². The van der Waals surface area contributed by atoms with Gasteiger partial charge in [-0.25, -0.2) is 9.37 Å². The number of fused-ring (bicyclic) bond motifs is 1. The summed E-state index contributed by atoms with van der Waals surface area (Å²) in [7, 11) is 0. The quantitative estimate of drug-likeness (QED) is 0.722. The van der Waals surface area contributed by atoms with Gasteiger partial charge in [-0.1, -0.05) is 12.1 Å². The van der Waals surface area contributed by atoms with Gasteiger partial charge < -0.3 is 4.98 Å². The molecule has 0 radical (unpaired) electrons. The van der Waals surface area contributed by atoms with Crippen molar-refractivity contribution in [3.05, 3.63) is 64.7 Å². The number of hydrogen-bond acceptors (Lipinski definition) is 2. The molecule has 0 aliphatic heterocycles. The minimum atomic E-state index is -0.465. The lowest BCUT2D eigenvalue weighted by atomic mass is 10.0. The van der Waals surface area contributed by atoms with Gasteiger partial charge in [0.25, 0.3) is 0 Å². The van der Waals surface area contributed by atoms with Crippen molar-refractivity contribution >= 4 is 16.8 Å². The smallest absolute Gasteiger partial charge is 0.198 e. The van der Waals surface area contributed by atoms with Crippen molar-refractivity contribution in [3.63, 3.8) is 0 Å². The van der Waals surface area contributed by atoms with E-state index in [2.05, 4.69) is 9.97 Å². The van der Waals surface area contributed by atoms with E-state index >= 15 is 0 Å².